The highest BCUT2D eigenvalue weighted by Gasteiger charge is 2.28. The van der Waals surface area contributed by atoms with Crippen LogP contribution in [0.5, 0.6) is 0 Å². The number of sulfone groups is 1. The van der Waals surface area contributed by atoms with Crippen LogP contribution in [0.1, 0.15) is 22.5 Å². The minimum atomic E-state index is -2.98. The Labute approximate surface area is 140 Å². The average Bonchev–Trinajstić information content (AvgIpc) is 2.86. The highest BCUT2D eigenvalue weighted by molar-refractivity contribution is 7.91. The number of nitrogens with zero attached hydrogens (tertiary/aromatic N) is 2. The van der Waals surface area contributed by atoms with Gasteiger partial charge in [-0.2, -0.15) is 0 Å². The van der Waals surface area contributed by atoms with Gasteiger partial charge >= 0.3 is 0 Å². The number of carbonyl (C=O) groups excluding carboxylic acids is 1. The topological polar surface area (TPSA) is 101 Å². The number of carbonyl (C=O) groups is 1. The molecule has 0 spiro atoms. The number of hydrogen-bond donors (Lipinski definition) is 2. The molecular weight excluding hydrogens is 328 g/mol. The van der Waals surface area contributed by atoms with Gasteiger partial charge in [-0.1, -0.05) is 12.1 Å². The summed E-state index contributed by atoms with van der Waals surface area (Å²) in [6.45, 7) is 1.94. The minimum Gasteiger partial charge on any atom is -0.350 e. The van der Waals surface area contributed by atoms with E-state index in [0.29, 0.717) is 12.1 Å². The molecule has 2 aromatic rings. The fourth-order valence-corrected chi connectivity index (χ4v) is 4.24. The first-order valence-electron chi connectivity index (χ1n) is 7.59. The van der Waals surface area contributed by atoms with Gasteiger partial charge in [-0.25, -0.2) is 18.4 Å². The van der Waals surface area contributed by atoms with E-state index in [0.717, 1.165) is 5.56 Å². The first-order chi connectivity index (χ1) is 11.4. The molecule has 126 valence electrons. The third kappa shape index (κ3) is 4.08. The molecule has 1 atom stereocenters. The Morgan fingerprint density at radius 1 is 1.29 bits per heavy atom. The van der Waals surface area contributed by atoms with E-state index >= 15 is 0 Å². The maximum absolute atomic E-state index is 12.3. The fraction of sp³-hybridized carbons (Fsp3) is 0.312. The molecule has 24 heavy (non-hydrogen) atoms. The van der Waals surface area contributed by atoms with Crippen molar-refractivity contribution in [2.24, 2.45) is 0 Å². The molecule has 1 aromatic carbocycles. The quantitative estimate of drug-likeness (QED) is 0.873. The van der Waals surface area contributed by atoms with Crippen molar-refractivity contribution in [1.82, 2.24) is 9.97 Å². The normalized spacial score (nSPS) is 19.0. The van der Waals surface area contributed by atoms with Gasteiger partial charge in [0, 0.05) is 17.9 Å². The first kappa shape index (κ1) is 16.4. The third-order valence-electron chi connectivity index (χ3n) is 3.73. The Balaban J connectivity index is 1.69. The van der Waals surface area contributed by atoms with Crippen LogP contribution in [0.25, 0.3) is 0 Å². The molecule has 1 aliphatic heterocycles. The van der Waals surface area contributed by atoms with Gasteiger partial charge in [0.05, 0.1) is 11.5 Å². The molecule has 2 heterocycles. The Kier molecular flexibility index (Phi) is 4.48. The summed E-state index contributed by atoms with van der Waals surface area (Å²) in [5.74, 6) is 0.146. The van der Waals surface area contributed by atoms with E-state index in [1.807, 2.05) is 25.1 Å². The Bertz CT molecular complexity index is 867. The average molecular weight is 346 g/mol. The summed E-state index contributed by atoms with van der Waals surface area (Å²) in [7, 11) is -2.98. The number of nitrogens with one attached hydrogen (secondary N) is 2. The van der Waals surface area contributed by atoms with E-state index in [2.05, 4.69) is 20.6 Å². The van der Waals surface area contributed by atoms with Gasteiger partial charge in [-0.3, -0.25) is 4.79 Å². The highest BCUT2D eigenvalue weighted by Crippen LogP contribution is 2.16. The number of aromatic nitrogens is 2. The van der Waals surface area contributed by atoms with Crippen LogP contribution >= 0.6 is 0 Å². The van der Waals surface area contributed by atoms with Crippen molar-refractivity contribution < 1.29 is 13.2 Å². The molecule has 1 saturated heterocycles. The van der Waals surface area contributed by atoms with Crippen LogP contribution in [-0.4, -0.2) is 41.8 Å². The lowest BCUT2D eigenvalue weighted by molar-refractivity contribution is 0.102. The summed E-state index contributed by atoms with van der Waals surface area (Å²) in [6, 6.07) is 8.76. The molecule has 1 aromatic heterocycles. The van der Waals surface area contributed by atoms with Crippen LogP contribution in [0.2, 0.25) is 0 Å². The number of anilines is 2. The van der Waals surface area contributed by atoms with Crippen molar-refractivity contribution in [3.63, 3.8) is 0 Å². The van der Waals surface area contributed by atoms with Gasteiger partial charge in [0.2, 0.25) is 5.95 Å². The van der Waals surface area contributed by atoms with Gasteiger partial charge in [0.15, 0.2) is 9.84 Å². The van der Waals surface area contributed by atoms with Crippen LogP contribution in [0.3, 0.4) is 0 Å². The Hall–Kier alpha value is -2.48. The summed E-state index contributed by atoms with van der Waals surface area (Å²) >= 11 is 0. The zero-order valence-corrected chi connectivity index (χ0v) is 14.0. The van der Waals surface area contributed by atoms with Crippen LogP contribution in [-0.2, 0) is 9.84 Å². The Morgan fingerprint density at radius 2 is 2.12 bits per heavy atom. The molecule has 0 saturated carbocycles. The lowest BCUT2D eigenvalue weighted by Gasteiger charge is -2.11. The smallest absolute Gasteiger partial charge is 0.274 e. The van der Waals surface area contributed by atoms with Crippen LogP contribution in [0.4, 0.5) is 11.6 Å². The lowest BCUT2D eigenvalue weighted by Crippen LogP contribution is -2.23. The van der Waals surface area contributed by atoms with Gasteiger partial charge in [-0.05, 0) is 37.1 Å². The summed E-state index contributed by atoms with van der Waals surface area (Å²) in [4.78, 5) is 20.5. The van der Waals surface area contributed by atoms with Crippen LogP contribution in [0.15, 0.2) is 36.5 Å². The second-order valence-electron chi connectivity index (χ2n) is 5.83. The van der Waals surface area contributed by atoms with E-state index in [9.17, 15) is 13.2 Å². The van der Waals surface area contributed by atoms with E-state index in [4.69, 9.17) is 0 Å². The number of amides is 1. The van der Waals surface area contributed by atoms with Crippen molar-refractivity contribution in [3.05, 3.63) is 47.8 Å². The SMILES string of the molecule is Cc1cccc(NC(=O)c2ccnc(NC3CCS(=O)(=O)C3)n2)c1. The molecule has 3 rings (SSSR count). The minimum absolute atomic E-state index is 0.0656. The van der Waals surface area contributed by atoms with Crippen molar-refractivity contribution >= 4 is 27.4 Å². The second-order valence-corrected chi connectivity index (χ2v) is 8.06. The molecular formula is C16H18N4O3S. The summed E-state index contributed by atoms with van der Waals surface area (Å²) in [5, 5.41) is 5.76. The summed E-state index contributed by atoms with van der Waals surface area (Å²) in [6.07, 6.45) is 2.00. The van der Waals surface area contributed by atoms with Crippen molar-refractivity contribution in [3.8, 4) is 0 Å². The summed E-state index contributed by atoms with van der Waals surface area (Å²) < 4.78 is 23.0. The van der Waals surface area contributed by atoms with E-state index in [-0.39, 0.29) is 35.1 Å². The molecule has 0 radical (unpaired) electrons. The molecule has 1 amide bonds. The molecule has 1 fully saturated rings. The maximum atomic E-state index is 12.3. The van der Waals surface area contributed by atoms with Gasteiger partial charge in [0.1, 0.15) is 5.69 Å². The van der Waals surface area contributed by atoms with E-state index < -0.39 is 9.84 Å². The fourth-order valence-electron chi connectivity index (χ4n) is 2.56. The Morgan fingerprint density at radius 3 is 2.83 bits per heavy atom. The monoisotopic (exact) mass is 346 g/mol. The zero-order chi connectivity index (χ0) is 17.2. The molecule has 2 N–H and O–H groups in total. The number of aryl methyl sites for hydroxylation is 1. The van der Waals surface area contributed by atoms with E-state index in [1.54, 1.807) is 6.07 Å². The molecule has 0 aliphatic carbocycles. The predicted octanol–water partition coefficient (Wildman–Crippen LogP) is 1.64. The lowest BCUT2D eigenvalue weighted by atomic mass is 10.2. The maximum Gasteiger partial charge on any atom is 0.274 e. The van der Waals surface area contributed by atoms with Gasteiger partial charge < -0.3 is 10.6 Å². The predicted molar refractivity (Wildman–Crippen MR) is 91.8 cm³/mol. The summed E-state index contributed by atoms with van der Waals surface area (Å²) in [5.41, 5.74) is 1.95. The van der Waals surface area contributed by atoms with Gasteiger partial charge in [0.25, 0.3) is 5.91 Å². The van der Waals surface area contributed by atoms with Crippen LogP contribution in [0, 0.1) is 6.92 Å². The molecule has 7 nitrogen and oxygen atoms in total. The standard InChI is InChI=1S/C16H18N4O3S/c1-11-3-2-4-12(9-11)18-15(21)14-5-7-17-16(20-14)19-13-6-8-24(22,23)10-13/h2-5,7,9,13H,6,8,10H2,1H3,(H,18,21)(H,17,19,20). The van der Waals surface area contributed by atoms with Crippen molar-refractivity contribution in [1.29, 1.82) is 0 Å². The highest BCUT2D eigenvalue weighted by atomic mass is 32.2. The van der Waals surface area contributed by atoms with Gasteiger partial charge in [-0.15, -0.1) is 0 Å². The second kappa shape index (κ2) is 6.56. The molecule has 1 aliphatic rings. The zero-order valence-electron chi connectivity index (χ0n) is 13.2. The van der Waals surface area contributed by atoms with Crippen molar-refractivity contribution in [2.45, 2.75) is 19.4 Å². The largest absolute Gasteiger partial charge is 0.350 e. The number of benzene rings is 1. The van der Waals surface area contributed by atoms with Crippen LogP contribution < -0.4 is 10.6 Å². The first-order valence-corrected chi connectivity index (χ1v) is 9.41. The number of hydrogen-bond acceptors (Lipinski definition) is 6. The molecule has 0 bridgehead atoms. The third-order valence-corrected chi connectivity index (χ3v) is 5.50. The van der Waals surface area contributed by atoms with E-state index in [1.165, 1.54) is 12.3 Å². The van der Waals surface area contributed by atoms with Crippen molar-refractivity contribution in [2.75, 3.05) is 22.1 Å². The molecule has 1 unspecified atom stereocenters. The number of rotatable bonds is 4. The molecule has 8 heteroatoms.